The molecule has 2 heterocycles. The summed E-state index contributed by atoms with van der Waals surface area (Å²) in [5.41, 5.74) is 2.65. The fraction of sp³-hybridized carbons (Fsp3) is 0.261. The Hall–Kier alpha value is -2.61. The van der Waals surface area contributed by atoms with E-state index in [1.165, 1.54) is 11.6 Å². The number of nitrogens with zero attached hydrogens (tertiary/aromatic N) is 1. The molecule has 0 unspecified atom stereocenters. The Bertz CT molecular complexity index is 1480. The number of benzene rings is 2. The Kier molecular flexibility index (Phi) is 1.88. The lowest BCUT2D eigenvalue weighted by atomic mass is 9.96. The van der Waals surface area contributed by atoms with Gasteiger partial charge in [-0.05, 0) is 54.6 Å². The molecule has 0 N–H and O–H groups in total. The van der Waals surface area contributed by atoms with E-state index in [1.54, 1.807) is 19.1 Å². The van der Waals surface area contributed by atoms with Crippen LogP contribution in [0.4, 0.5) is 0 Å². The molecule has 0 saturated heterocycles. The van der Waals surface area contributed by atoms with Gasteiger partial charge in [-0.3, -0.25) is 0 Å². The van der Waals surface area contributed by atoms with Crippen molar-refractivity contribution < 1.29 is 22.7 Å². The molecule has 0 aliphatic heterocycles. The number of pyridine rings is 1. The average molecular weight is 341 g/mol. The van der Waals surface area contributed by atoms with Gasteiger partial charge in [0.1, 0.15) is 19.6 Å². The highest BCUT2D eigenvalue weighted by Gasteiger charge is 2.19. The van der Waals surface area contributed by atoms with Gasteiger partial charge in [0, 0.05) is 38.0 Å². The van der Waals surface area contributed by atoms with Crippen LogP contribution in [0.2, 0.25) is 0 Å². The molecule has 0 atom stereocenters. The third-order valence-electron chi connectivity index (χ3n) is 4.49. The minimum atomic E-state index is -3.38. The highest BCUT2D eigenvalue weighted by atomic mass is 16.3. The first-order valence-electron chi connectivity index (χ1n) is 13.0. The first-order valence-corrected chi connectivity index (χ1v) is 7.95. The molecule has 126 valence electrons. The molecule has 0 saturated carbocycles. The molecular weight excluding hydrogens is 306 g/mol. The van der Waals surface area contributed by atoms with E-state index >= 15 is 0 Å². The predicted molar refractivity (Wildman–Crippen MR) is 104 cm³/mol. The molecule has 0 aliphatic carbocycles. The molecule has 0 aliphatic rings. The van der Waals surface area contributed by atoms with Crippen molar-refractivity contribution in [1.82, 2.24) is 0 Å². The number of hydrogen-bond donors (Lipinski definition) is 0. The quantitative estimate of drug-likeness (QED) is 0.420. The third kappa shape index (κ3) is 2.53. The largest absolute Gasteiger partial charge is 0.456 e. The second-order valence-electron chi connectivity index (χ2n) is 6.23. The van der Waals surface area contributed by atoms with E-state index in [4.69, 9.17) is 18.1 Å². The van der Waals surface area contributed by atoms with Crippen LogP contribution < -0.4 is 4.57 Å². The Morgan fingerprint density at radius 3 is 2.80 bits per heavy atom. The van der Waals surface area contributed by atoms with Gasteiger partial charge < -0.3 is 4.42 Å². The minimum Gasteiger partial charge on any atom is -0.456 e. The highest BCUT2D eigenvalue weighted by molar-refractivity contribution is 6.08. The zero-order valence-corrected chi connectivity index (χ0v) is 14.2. The van der Waals surface area contributed by atoms with E-state index in [0.29, 0.717) is 22.3 Å². The van der Waals surface area contributed by atoms with Gasteiger partial charge in [0.2, 0.25) is 5.69 Å². The summed E-state index contributed by atoms with van der Waals surface area (Å²) in [6.07, 6.45) is -0.497. The number of rotatable bonds is 2. The maximum Gasteiger partial charge on any atom is 0.212 e. The zero-order chi connectivity index (χ0) is 26.2. The molecule has 2 nitrogen and oxygen atoms in total. The lowest BCUT2D eigenvalue weighted by molar-refractivity contribution is -0.660. The van der Waals surface area contributed by atoms with Gasteiger partial charge in [-0.25, -0.2) is 4.57 Å². The number of furan rings is 1. The van der Waals surface area contributed by atoms with Crippen LogP contribution in [0.5, 0.6) is 0 Å². The molecule has 0 radical (unpaired) electrons. The van der Waals surface area contributed by atoms with E-state index in [2.05, 4.69) is 0 Å². The molecule has 25 heavy (non-hydrogen) atoms. The molecular formula is C23H24NO+. The maximum atomic E-state index is 8.87. The first-order chi connectivity index (χ1) is 16.0. The van der Waals surface area contributed by atoms with Crippen LogP contribution in [0.25, 0.3) is 33.2 Å². The van der Waals surface area contributed by atoms with Crippen LogP contribution in [0, 0.1) is 13.8 Å². The number of fused-ring (bicyclic) bond motifs is 3. The van der Waals surface area contributed by atoms with Gasteiger partial charge in [-0.2, -0.15) is 0 Å². The van der Waals surface area contributed by atoms with Crippen molar-refractivity contribution in [2.24, 2.45) is 7.05 Å². The van der Waals surface area contributed by atoms with Crippen molar-refractivity contribution >= 4 is 21.9 Å². The average Bonchev–Trinajstić information content (AvgIpc) is 3.10. The molecule has 2 heteroatoms. The topological polar surface area (TPSA) is 17.0 Å². The van der Waals surface area contributed by atoms with Crippen molar-refractivity contribution in [3.05, 3.63) is 65.3 Å². The van der Waals surface area contributed by atoms with E-state index in [9.17, 15) is 0 Å². The Balaban J connectivity index is 2.14. The molecule has 2 aromatic heterocycles. The predicted octanol–water partition coefficient (Wildman–Crippen LogP) is 5.82. The first kappa shape index (κ1) is 8.18. The smallest absolute Gasteiger partial charge is 0.212 e. The van der Waals surface area contributed by atoms with Gasteiger partial charge in [-0.15, -0.1) is 0 Å². The Labute approximate surface area is 162 Å². The summed E-state index contributed by atoms with van der Waals surface area (Å²) >= 11 is 0. The molecule has 0 fully saturated rings. The lowest BCUT2D eigenvalue weighted by Gasteiger charge is -2.09. The number of aromatic nitrogens is 1. The van der Waals surface area contributed by atoms with E-state index in [-0.39, 0.29) is 5.69 Å². The molecule has 0 spiro atoms. The van der Waals surface area contributed by atoms with Crippen LogP contribution in [0.3, 0.4) is 0 Å². The van der Waals surface area contributed by atoms with Crippen molar-refractivity contribution in [3.8, 4) is 11.3 Å². The Morgan fingerprint density at radius 1 is 1.16 bits per heavy atom. The number of hydrogen-bond acceptors (Lipinski definition) is 1. The third-order valence-corrected chi connectivity index (χ3v) is 4.49. The van der Waals surface area contributed by atoms with Crippen molar-refractivity contribution in [1.29, 1.82) is 0 Å². The maximum absolute atomic E-state index is 8.87. The standard InChI is InChI=1S/C23H24NO/c1-14(2)17-10-11-24(5)20(13-17)18-8-9-21-23(16(18)4)19-7-6-15(3)12-22(19)25-21/h6-14H,1-5H3/q+1/i1D3,2D3,10D,11D,13D,14D. The van der Waals surface area contributed by atoms with Crippen LogP contribution in [-0.4, -0.2) is 0 Å². The van der Waals surface area contributed by atoms with Crippen LogP contribution in [-0.2, 0) is 7.05 Å². The van der Waals surface area contributed by atoms with Gasteiger partial charge in [0.05, 0.1) is 2.74 Å². The van der Waals surface area contributed by atoms with Crippen molar-refractivity contribution in [2.45, 2.75) is 33.4 Å². The van der Waals surface area contributed by atoms with E-state index < -0.39 is 43.4 Å². The van der Waals surface area contributed by atoms with Crippen LogP contribution >= 0.6 is 0 Å². The fourth-order valence-corrected chi connectivity index (χ4v) is 3.20. The monoisotopic (exact) mass is 340 g/mol. The lowest BCUT2D eigenvalue weighted by Crippen LogP contribution is -2.30. The van der Waals surface area contributed by atoms with Crippen LogP contribution in [0.15, 0.2) is 53.0 Å². The van der Waals surface area contributed by atoms with E-state index in [1.807, 2.05) is 25.1 Å². The summed E-state index contributed by atoms with van der Waals surface area (Å²) in [6.45, 7) is -3.03. The summed E-state index contributed by atoms with van der Waals surface area (Å²) in [6, 6.07) is 7.76. The molecule has 0 bridgehead atoms. The fourth-order valence-electron chi connectivity index (χ4n) is 3.20. The van der Waals surface area contributed by atoms with E-state index in [0.717, 1.165) is 16.3 Å². The second kappa shape index (κ2) is 5.73. The summed E-state index contributed by atoms with van der Waals surface area (Å²) in [4.78, 5) is 0. The normalized spacial score (nSPS) is 19.0. The Morgan fingerprint density at radius 2 is 2.00 bits per heavy atom. The molecule has 4 aromatic rings. The minimum absolute atomic E-state index is 0.0481. The summed E-state index contributed by atoms with van der Waals surface area (Å²) in [5.74, 6) is -3.27. The van der Waals surface area contributed by atoms with Gasteiger partial charge >= 0.3 is 0 Å². The summed E-state index contributed by atoms with van der Waals surface area (Å²) in [5, 5.41) is 1.60. The number of aryl methyl sites for hydroxylation is 2. The molecule has 2 aromatic carbocycles. The second-order valence-corrected chi connectivity index (χ2v) is 6.23. The highest BCUT2D eigenvalue weighted by Crippen LogP contribution is 2.36. The SMILES string of the molecule is [2H]c1c(C([2H])(C([2H])([2H])[2H])C([2H])([2H])[2H])c([2H])c(-c2ccc3oc4cc(C)ccc4c3c2C)[n+](C)c1[2H]. The van der Waals surface area contributed by atoms with Gasteiger partial charge in [0.25, 0.3) is 0 Å². The van der Waals surface area contributed by atoms with Gasteiger partial charge in [0.15, 0.2) is 6.17 Å². The van der Waals surface area contributed by atoms with Crippen LogP contribution in [0.1, 0.15) is 50.0 Å². The van der Waals surface area contributed by atoms with Gasteiger partial charge in [-0.1, -0.05) is 25.8 Å². The van der Waals surface area contributed by atoms with Crippen molar-refractivity contribution in [2.75, 3.05) is 0 Å². The zero-order valence-electron chi connectivity index (χ0n) is 24.2. The molecule has 4 rings (SSSR count). The molecule has 0 amide bonds. The summed E-state index contributed by atoms with van der Waals surface area (Å²) < 4.78 is 88.6. The summed E-state index contributed by atoms with van der Waals surface area (Å²) in [7, 11) is 1.45. The van der Waals surface area contributed by atoms with Crippen molar-refractivity contribution in [3.63, 3.8) is 0 Å².